The van der Waals surface area contributed by atoms with Crippen LogP contribution in [0.2, 0.25) is 0 Å². The summed E-state index contributed by atoms with van der Waals surface area (Å²) < 4.78 is 22.1. The summed E-state index contributed by atoms with van der Waals surface area (Å²) in [6, 6.07) is 0. The zero-order chi connectivity index (χ0) is 21.9. The molecule has 0 amide bonds. The number of aliphatic hydroxyl groups is 1. The van der Waals surface area contributed by atoms with Crippen LogP contribution < -0.4 is 4.74 Å². The van der Waals surface area contributed by atoms with Gasteiger partial charge in [-0.1, -0.05) is 6.92 Å². The van der Waals surface area contributed by atoms with E-state index in [1.54, 1.807) is 12.4 Å². The average molecular weight is 431 g/mol. The smallest absolute Gasteiger partial charge is 0.173 e. The molecule has 8 atom stereocenters. The van der Waals surface area contributed by atoms with Crippen molar-refractivity contribution < 1.29 is 19.0 Å². The van der Waals surface area contributed by atoms with Gasteiger partial charge >= 0.3 is 0 Å². The Morgan fingerprint density at radius 3 is 2.65 bits per heavy atom. The number of ketones is 1. The van der Waals surface area contributed by atoms with Crippen LogP contribution in [0.4, 0.5) is 4.39 Å². The van der Waals surface area contributed by atoms with E-state index < -0.39 is 11.3 Å². The summed E-state index contributed by atoms with van der Waals surface area (Å²) in [5.74, 6) is 1.52. The van der Waals surface area contributed by atoms with Crippen molar-refractivity contribution in [3.8, 4) is 5.75 Å². The number of fused-ring (bicyclic) bond motifs is 5. The van der Waals surface area contributed by atoms with Gasteiger partial charge in [0.15, 0.2) is 11.5 Å². The fourth-order valence-electron chi connectivity index (χ4n) is 8.12. The Labute approximate surface area is 184 Å². The SMILES string of the molecule is C[C@@]1(O)CC[C@@]2(F)[C@H](CC[C@H]3[C@@H]4CC[C@H](C(=O)COc5cncnc5)[C@@]4(C)CC[C@@H]32)C1. The second-order valence-corrected chi connectivity index (χ2v) is 11.3. The number of hydrogen-bond donors (Lipinski definition) is 1. The number of Topliss-reactive ketones (excluding diaryl/α,β-unsaturated/α-hetero) is 1. The molecule has 0 unspecified atom stereocenters. The van der Waals surface area contributed by atoms with E-state index >= 15 is 4.39 Å². The Bertz CT molecular complexity index is 833. The van der Waals surface area contributed by atoms with E-state index in [4.69, 9.17) is 4.74 Å². The number of nitrogens with zero attached hydrogens (tertiary/aromatic N) is 2. The molecule has 0 spiro atoms. The molecular formula is C25H35FN2O3. The number of rotatable bonds is 4. The van der Waals surface area contributed by atoms with Gasteiger partial charge in [-0.15, -0.1) is 0 Å². The van der Waals surface area contributed by atoms with E-state index in [-0.39, 0.29) is 35.6 Å². The van der Waals surface area contributed by atoms with Crippen molar-refractivity contribution in [3.63, 3.8) is 0 Å². The van der Waals surface area contributed by atoms with Crippen molar-refractivity contribution in [1.29, 1.82) is 0 Å². The number of halogens is 1. The first kappa shape index (κ1) is 21.3. The highest BCUT2D eigenvalue weighted by atomic mass is 19.1. The molecule has 4 fully saturated rings. The average Bonchev–Trinajstić information content (AvgIpc) is 3.10. The molecule has 31 heavy (non-hydrogen) atoms. The van der Waals surface area contributed by atoms with Crippen LogP contribution >= 0.6 is 0 Å². The van der Waals surface area contributed by atoms with Crippen LogP contribution in [0.15, 0.2) is 18.7 Å². The van der Waals surface area contributed by atoms with Crippen molar-refractivity contribution in [2.45, 2.75) is 82.9 Å². The zero-order valence-electron chi connectivity index (χ0n) is 18.7. The molecule has 0 saturated heterocycles. The van der Waals surface area contributed by atoms with E-state index in [9.17, 15) is 9.90 Å². The highest BCUT2D eigenvalue weighted by Crippen LogP contribution is 2.66. The summed E-state index contributed by atoms with van der Waals surface area (Å²) in [6.45, 7) is 4.20. The Morgan fingerprint density at radius 1 is 1.10 bits per heavy atom. The van der Waals surface area contributed by atoms with Gasteiger partial charge in [0.25, 0.3) is 0 Å². The Balaban J connectivity index is 1.30. The molecule has 0 radical (unpaired) electrons. The van der Waals surface area contributed by atoms with Crippen LogP contribution in [-0.4, -0.2) is 38.7 Å². The third kappa shape index (κ3) is 3.49. The number of ether oxygens (including phenoxy) is 1. The Morgan fingerprint density at radius 2 is 1.87 bits per heavy atom. The molecule has 0 bridgehead atoms. The van der Waals surface area contributed by atoms with Gasteiger partial charge < -0.3 is 9.84 Å². The topological polar surface area (TPSA) is 72.3 Å². The Kier molecular flexibility index (Phi) is 5.15. The maximum Gasteiger partial charge on any atom is 0.173 e. The van der Waals surface area contributed by atoms with Crippen LogP contribution in [0, 0.1) is 35.0 Å². The van der Waals surface area contributed by atoms with E-state index in [1.165, 1.54) is 6.33 Å². The predicted molar refractivity (Wildman–Crippen MR) is 114 cm³/mol. The van der Waals surface area contributed by atoms with Crippen LogP contribution in [0.3, 0.4) is 0 Å². The number of aromatic nitrogens is 2. The van der Waals surface area contributed by atoms with Gasteiger partial charge in [-0.3, -0.25) is 4.79 Å². The maximum absolute atomic E-state index is 16.4. The first-order chi connectivity index (χ1) is 14.7. The third-order valence-electron chi connectivity index (χ3n) is 9.62. The van der Waals surface area contributed by atoms with Crippen LogP contribution in [-0.2, 0) is 4.79 Å². The molecule has 6 heteroatoms. The molecule has 170 valence electrons. The minimum absolute atomic E-state index is 0.0107. The fourth-order valence-corrected chi connectivity index (χ4v) is 8.12. The highest BCUT2D eigenvalue weighted by molar-refractivity contribution is 5.83. The normalized spacial score (nSPS) is 46.5. The minimum atomic E-state index is -1.13. The summed E-state index contributed by atoms with van der Waals surface area (Å²) >= 11 is 0. The van der Waals surface area contributed by atoms with Crippen LogP contribution in [0.1, 0.15) is 71.6 Å². The van der Waals surface area contributed by atoms with Gasteiger partial charge in [0.05, 0.1) is 18.0 Å². The lowest BCUT2D eigenvalue weighted by Crippen LogP contribution is -2.58. The summed E-state index contributed by atoms with van der Waals surface area (Å²) in [5, 5.41) is 10.5. The van der Waals surface area contributed by atoms with E-state index in [0.717, 1.165) is 38.5 Å². The van der Waals surface area contributed by atoms with Crippen molar-refractivity contribution >= 4 is 5.78 Å². The van der Waals surface area contributed by atoms with Gasteiger partial charge in [-0.05, 0) is 93.8 Å². The standard InChI is InChI=1S/C25H35FN2O3/c1-23(30)9-10-25(26)16(11-23)3-4-18-19-5-6-21(24(19,2)8-7-20(18)25)22(29)14-31-17-12-27-15-28-13-17/h12-13,15-16,18-21,30H,3-11,14H2,1-2H3/t16-,18+,19+,20+,21-,23-,24+,25-/m1/s1. The number of carbonyl (C=O) groups excluding carboxylic acids is 1. The zero-order valence-corrected chi connectivity index (χ0v) is 18.7. The van der Waals surface area contributed by atoms with Gasteiger partial charge in [0.2, 0.25) is 0 Å². The monoisotopic (exact) mass is 430 g/mol. The lowest BCUT2D eigenvalue weighted by atomic mass is 9.48. The lowest BCUT2D eigenvalue weighted by Gasteiger charge is -2.59. The molecule has 1 aromatic heterocycles. The third-order valence-corrected chi connectivity index (χ3v) is 9.62. The molecule has 4 aliphatic rings. The molecule has 4 aliphatic carbocycles. The van der Waals surface area contributed by atoms with Gasteiger partial charge in [-0.2, -0.15) is 0 Å². The predicted octanol–water partition coefficient (Wildman–Crippen LogP) is 4.54. The first-order valence-corrected chi connectivity index (χ1v) is 12.0. The van der Waals surface area contributed by atoms with Crippen molar-refractivity contribution in [3.05, 3.63) is 18.7 Å². The summed E-state index contributed by atoms with van der Waals surface area (Å²) in [4.78, 5) is 21.0. The van der Waals surface area contributed by atoms with E-state index in [2.05, 4.69) is 16.9 Å². The minimum Gasteiger partial charge on any atom is -0.483 e. The molecule has 4 saturated carbocycles. The van der Waals surface area contributed by atoms with Crippen molar-refractivity contribution in [1.82, 2.24) is 9.97 Å². The fraction of sp³-hybridized carbons (Fsp3) is 0.800. The second-order valence-electron chi connectivity index (χ2n) is 11.3. The molecule has 1 N–H and O–H groups in total. The maximum atomic E-state index is 16.4. The van der Waals surface area contributed by atoms with Crippen LogP contribution in [0.25, 0.3) is 0 Å². The first-order valence-electron chi connectivity index (χ1n) is 12.0. The number of alkyl halides is 1. The summed E-state index contributed by atoms with van der Waals surface area (Å²) in [7, 11) is 0. The van der Waals surface area contributed by atoms with Crippen molar-refractivity contribution in [2.24, 2.45) is 35.0 Å². The van der Waals surface area contributed by atoms with Gasteiger partial charge in [0.1, 0.15) is 18.6 Å². The largest absolute Gasteiger partial charge is 0.483 e. The van der Waals surface area contributed by atoms with Gasteiger partial charge in [0, 0.05) is 5.92 Å². The summed E-state index contributed by atoms with van der Waals surface area (Å²) in [5.41, 5.74) is -1.91. The molecule has 5 rings (SSSR count). The number of hydrogen-bond acceptors (Lipinski definition) is 5. The van der Waals surface area contributed by atoms with Crippen LogP contribution in [0.5, 0.6) is 5.75 Å². The summed E-state index contributed by atoms with van der Waals surface area (Å²) in [6.07, 6.45) is 11.8. The molecular weight excluding hydrogens is 395 g/mol. The van der Waals surface area contributed by atoms with E-state index in [1.807, 2.05) is 6.92 Å². The lowest BCUT2D eigenvalue weighted by molar-refractivity contribution is -0.166. The Hall–Kier alpha value is -1.56. The molecule has 0 aromatic carbocycles. The quantitative estimate of drug-likeness (QED) is 0.759. The van der Waals surface area contributed by atoms with E-state index in [0.29, 0.717) is 36.8 Å². The second kappa shape index (κ2) is 7.50. The molecule has 5 nitrogen and oxygen atoms in total. The van der Waals surface area contributed by atoms with Gasteiger partial charge in [-0.25, -0.2) is 14.4 Å². The highest BCUT2D eigenvalue weighted by Gasteiger charge is 2.63. The molecule has 1 heterocycles. The molecule has 1 aromatic rings. The number of carbonyl (C=O) groups is 1. The molecule has 0 aliphatic heterocycles. The van der Waals surface area contributed by atoms with Crippen molar-refractivity contribution in [2.75, 3.05) is 6.61 Å².